The van der Waals surface area contributed by atoms with E-state index in [1.165, 1.54) is 24.8 Å². The minimum absolute atomic E-state index is 0.324. The highest BCUT2D eigenvalue weighted by Gasteiger charge is 2.12. The summed E-state index contributed by atoms with van der Waals surface area (Å²) in [5.41, 5.74) is 3.08. The van der Waals surface area contributed by atoms with Crippen molar-refractivity contribution in [3.05, 3.63) is 48.2 Å². The van der Waals surface area contributed by atoms with Gasteiger partial charge in [-0.3, -0.25) is 4.98 Å². The van der Waals surface area contributed by atoms with Crippen LogP contribution in [0.25, 0.3) is 11.3 Å². The Bertz CT molecular complexity index is 577. The van der Waals surface area contributed by atoms with Crippen molar-refractivity contribution >= 4 is 0 Å². The molecule has 3 rings (SSSR count). The van der Waals surface area contributed by atoms with E-state index < -0.39 is 0 Å². The zero-order valence-corrected chi connectivity index (χ0v) is 12.3. The summed E-state index contributed by atoms with van der Waals surface area (Å²) in [5, 5.41) is 13.5. The number of benzene rings is 1. The number of nitrogens with zero attached hydrogens (tertiary/aromatic N) is 1. The highest BCUT2D eigenvalue weighted by Crippen LogP contribution is 2.25. The summed E-state index contributed by atoms with van der Waals surface area (Å²) in [6.07, 6.45) is 7.80. The molecule has 110 valence electrons. The lowest BCUT2D eigenvalue weighted by Crippen LogP contribution is -2.34. The van der Waals surface area contributed by atoms with Gasteiger partial charge in [-0.25, -0.2) is 0 Å². The molecule has 1 atom stereocenters. The summed E-state index contributed by atoms with van der Waals surface area (Å²) in [5.74, 6) is 0.324. The minimum Gasteiger partial charge on any atom is -0.508 e. The van der Waals surface area contributed by atoms with Crippen molar-refractivity contribution in [3.8, 4) is 17.0 Å². The molecule has 0 saturated carbocycles. The maximum Gasteiger partial charge on any atom is 0.116 e. The number of hydrogen-bond acceptors (Lipinski definition) is 3. The van der Waals surface area contributed by atoms with E-state index >= 15 is 0 Å². The van der Waals surface area contributed by atoms with Gasteiger partial charge >= 0.3 is 0 Å². The summed E-state index contributed by atoms with van der Waals surface area (Å²) in [6.45, 7) is 1.14. The molecule has 2 N–H and O–H groups in total. The Labute approximate surface area is 126 Å². The third-order valence-corrected chi connectivity index (χ3v) is 4.13. The van der Waals surface area contributed by atoms with Gasteiger partial charge in [-0.15, -0.1) is 0 Å². The summed E-state index contributed by atoms with van der Waals surface area (Å²) in [7, 11) is 0. The first-order valence-corrected chi connectivity index (χ1v) is 7.79. The van der Waals surface area contributed by atoms with E-state index in [2.05, 4.69) is 16.4 Å². The van der Waals surface area contributed by atoms with E-state index in [1.807, 2.05) is 24.3 Å². The standard InChI is InChI=1S/C18H22N2O/c21-17-12-14(7-8-16-5-1-3-9-19-16)11-15(13-17)18-6-2-4-10-20-18/h2,4,6,10-13,16,19,21H,1,3,5,7-9H2/t16-/m1/s1. The SMILES string of the molecule is Oc1cc(CC[C@H]2CCCCN2)cc(-c2ccccn2)c1. The van der Waals surface area contributed by atoms with Crippen LogP contribution in [0.3, 0.4) is 0 Å². The van der Waals surface area contributed by atoms with E-state index in [4.69, 9.17) is 0 Å². The lowest BCUT2D eigenvalue weighted by molar-refractivity contribution is 0.382. The van der Waals surface area contributed by atoms with Crippen LogP contribution in [0.2, 0.25) is 0 Å². The van der Waals surface area contributed by atoms with Crippen LogP contribution in [0.1, 0.15) is 31.2 Å². The van der Waals surface area contributed by atoms with Crippen molar-refractivity contribution in [2.24, 2.45) is 0 Å². The number of aromatic hydroxyl groups is 1. The summed E-state index contributed by atoms with van der Waals surface area (Å²) in [4.78, 5) is 4.36. The molecule has 1 aliphatic rings. The molecule has 3 nitrogen and oxygen atoms in total. The second-order valence-electron chi connectivity index (χ2n) is 5.79. The first-order chi connectivity index (χ1) is 10.3. The average molecular weight is 282 g/mol. The van der Waals surface area contributed by atoms with Gasteiger partial charge in [-0.05, 0) is 68.1 Å². The number of aryl methyl sites for hydroxylation is 1. The number of phenolic OH excluding ortho intramolecular Hbond substituents is 1. The van der Waals surface area contributed by atoms with Crippen molar-refractivity contribution < 1.29 is 5.11 Å². The third kappa shape index (κ3) is 3.82. The van der Waals surface area contributed by atoms with E-state index in [1.54, 1.807) is 12.3 Å². The molecule has 0 amide bonds. The van der Waals surface area contributed by atoms with Gasteiger partial charge in [0.1, 0.15) is 5.75 Å². The highest BCUT2D eigenvalue weighted by atomic mass is 16.3. The van der Waals surface area contributed by atoms with Crippen LogP contribution < -0.4 is 5.32 Å². The third-order valence-electron chi connectivity index (χ3n) is 4.13. The van der Waals surface area contributed by atoms with Gasteiger partial charge in [0.05, 0.1) is 5.69 Å². The Morgan fingerprint density at radius 2 is 2.14 bits per heavy atom. The lowest BCUT2D eigenvalue weighted by atomic mass is 9.96. The molecule has 21 heavy (non-hydrogen) atoms. The molecular weight excluding hydrogens is 260 g/mol. The number of pyridine rings is 1. The molecule has 0 spiro atoms. The molecule has 1 saturated heterocycles. The number of hydrogen-bond donors (Lipinski definition) is 2. The van der Waals surface area contributed by atoms with Crippen molar-refractivity contribution in [2.45, 2.75) is 38.1 Å². The molecule has 1 fully saturated rings. The van der Waals surface area contributed by atoms with Crippen LogP contribution >= 0.6 is 0 Å². The molecule has 0 bridgehead atoms. The van der Waals surface area contributed by atoms with Crippen LogP contribution in [0.4, 0.5) is 0 Å². The fraction of sp³-hybridized carbons (Fsp3) is 0.389. The maximum absolute atomic E-state index is 9.95. The van der Waals surface area contributed by atoms with Crippen LogP contribution in [0.5, 0.6) is 5.75 Å². The molecule has 1 aliphatic heterocycles. The number of rotatable bonds is 4. The van der Waals surface area contributed by atoms with E-state index in [0.717, 1.165) is 30.6 Å². The van der Waals surface area contributed by atoms with Gasteiger partial charge in [0.2, 0.25) is 0 Å². The number of aromatic nitrogens is 1. The molecule has 0 unspecified atom stereocenters. The van der Waals surface area contributed by atoms with Gasteiger partial charge in [0.15, 0.2) is 0 Å². The molecule has 0 aliphatic carbocycles. The second-order valence-corrected chi connectivity index (χ2v) is 5.79. The van der Waals surface area contributed by atoms with Gasteiger partial charge in [0.25, 0.3) is 0 Å². The fourth-order valence-electron chi connectivity index (χ4n) is 3.01. The molecule has 1 aromatic carbocycles. The monoisotopic (exact) mass is 282 g/mol. The molecular formula is C18H22N2O. The molecule has 2 aromatic rings. The summed E-state index contributed by atoms with van der Waals surface area (Å²) >= 11 is 0. The lowest BCUT2D eigenvalue weighted by Gasteiger charge is -2.23. The maximum atomic E-state index is 9.95. The largest absolute Gasteiger partial charge is 0.508 e. The Kier molecular flexibility index (Phi) is 4.51. The summed E-state index contributed by atoms with van der Waals surface area (Å²) < 4.78 is 0. The number of piperidine rings is 1. The van der Waals surface area contributed by atoms with Crippen LogP contribution in [0, 0.1) is 0 Å². The summed E-state index contributed by atoms with van der Waals surface area (Å²) in [6, 6.07) is 12.3. The van der Waals surface area contributed by atoms with E-state index in [9.17, 15) is 5.11 Å². The number of nitrogens with one attached hydrogen (secondary N) is 1. The van der Waals surface area contributed by atoms with Gasteiger partial charge in [0, 0.05) is 17.8 Å². The Balaban J connectivity index is 1.72. The number of phenols is 1. The van der Waals surface area contributed by atoms with E-state index in [-0.39, 0.29) is 0 Å². The van der Waals surface area contributed by atoms with Crippen molar-refractivity contribution in [2.75, 3.05) is 6.54 Å². The van der Waals surface area contributed by atoms with Gasteiger partial charge < -0.3 is 10.4 Å². The highest BCUT2D eigenvalue weighted by molar-refractivity contribution is 5.62. The smallest absolute Gasteiger partial charge is 0.116 e. The van der Waals surface area contributed by atoms with Crippen molar-refractivity contribution in [1.29, 1.82) is 0 Å². The zero-order valence-electron chi connectivity index (χ0n) is 12.3. The average Bonchev–Trinajstić information content (AvgIpc) is 2.54. The van der Waals surface area contributed by atoms with Crippen LogP contribution in [0.15, 0.2) is 42.6 Å². The Morgan fingerprint density at radius 1 is 1.19 bits per heavy atom. The first-order valence-electron chi connectivity index (χ1n) is 7.79. The second kappa shape index (κ2) is 6.72. The quantitative estimate of drug-likeness (QED) is 0.901. The topological polar surface area (TPSA) is 45.1 Å². The Hall–Kier alpha value is -1.87. The minimum atomic E-state index is 0.324. The zero-order chi connectivity index (χ0) is 14.5. The normalized spacial score (nSPS) is 18.6. The molecule has 3 heteroatoms. The molecule has 2 heterocycles. The van der Waals surface area contributed by atoms with Crippen molar-refractivity contribution in [1.82, 2.24) is 10.3 Å². The van der Waals surface area contributed by atoms with E-state index in [0.29, 0.717) is 11.8 Å². The van der Waals surface area contributed by atoms with Crippen LogP contribution in [-0.2, 0) is 6.42 Å². The van der Waals surface area contributed by atoms with Crippen LogP contribution in [-0.4, -0.2) is 22.7 Å². The molecule has 1 aromatic heterocycles. The van der Waals surface area contributed by atoms with Gasteiger partial charge in [-0.2, -0.15) is 0 Å². The van der Waals surface area contributed by atoms with Crippen molar-refractivity contribution in [3.63, 3.8) is 0 Å². The first kappa shape index (κ1) is 14.1. The predicted octanol–water partition coefficient (Wildman–Crippen LogP) is 3.53. The van der Waals surface area contributed by atoms with Gasteiger partial charge in [-0.1, -0.05) is 12.5 Å². The predicted molar refractivity (Wildman–Crippen MR) is 85.3 cm³/mol. The fourth-order valence-corrected chi connectivity index (χ4v) is 3.01. The molecule has 0 radical (unpaired) electrons. The Morgan fingerprint density at radius 3 is 2.90 bits per heavy atom.